The highest BCUT2D eigenvalue weighted by Crippen LogP contribution is 2.15. The lowest BCUT2D eigenvalue weighted by Gasteiger charge is -2.31. The number of hydrogen-bond acceptors (Lipinski definition) is 6. The lowest BCUT2D eigenvalue weighted by Crippen LogP contribution is -2.44. The van der Waals surface area contributed by atoms with Crippen molar-refractivity contribution < 1.29 is 14.4 Å². The first kappa shape index (κ1) is 18.4. The molecule has 7 heteroatoms. The van der Waals surface area contributed by atoms with E-state index in [1.54, 1.807) is 6.07 Å². The molecule has 1 aromatic heterocycles. The van der Waals surface area contributed by atoms with Gasteiger partial charge < -0.3 is 19.8 Å². The largest absolute Gasteiger partial charge is 0.392 e. The average molecular weight is 350 g/mol. The summed E-state index contributed by atoms with van der Waals surface area (Å²) in [6.07, 6.45) is 4.73. The van der Waals surface area contributed by atoms with Crippen LogP contribution in [0.4, 0.5) is 0 Å². The number of rotatable bonds is 6. The van der Waals surface area contributed by atoms with E-state index in [9.17, 15) is 9.90 Å². The van der Waals surface area contributed by atoms with Crippen LogP contribution in [-0.2, 0) is 6.54 Å². The third-order valence-corrected chi connectivity index (χ3v) is 5.11. The molecule has 0 aliphatic carbocycles. The zero-order valence-electron chi connectivity index (χ0n) is 15.1. The molecule has 1 aromatic rings. The molecule has 2 fully saturated rings. The Hall–Kier alpha value is -1.44. The summed E-state index contributed by atoms with van der Waals surface area (Å²) in [5.41, 5.74) is 0.351. The quantitative estimate of drug-likeness (QED) is 0.803. The fourth-order valence-electron chi connectivity index (χ4n) is 3.77. The van der Waals surface area contributed by atoms with Gasteiger partial charge in [0.15, 0.2) is 11.5 Å². The maximum atomic E-state index is 12.4. The van der Waals surface area contributed by atoms with Crippen LogP contribution in [0.1, 0.15) is 55.3 Å². The van der Waals surface area contributed by atoms with Crippen molar-refractivity contribution in [3.8, 4) is 0 Å². The summed E-state index contributed by atoms with van der Waals surface area (Å²) < 4.78 is 5.32. The number of amides is 1. The second kappa shape index (κ2) is 8.78. The summed E-state index contributed by atoms with van der Waals surface area (Å²) in [5, 5.41) is 16.7. The Morgan fingerprint density at radius 3 is 2.84 bits per heavy atom. The average Bonchev–Trinajstić information content (AvgIpc) is 3.05. The predicted octanol–water partition coefficient (Wildman–Crippen LogP) is 1.24. The monoisotopic (exact) mass is 350 g/mol. The Morgan fingerprint density at radius 2 is 2.12 bits per heavy atom. The number of piperidine rings is 2. The molecule has 1 amide bonds. The number of β-amino-alcohol motifs (C(OH)–C–C–N with tert-alkyl or cyclic N) is 1. The zero-order valence-corrected chi connectivity index (χ0v) is 15.1. The molecule has 0 spiro atoms. The summed E-state index contributed by atoms with van der Waals surface area (Å²) in [7, 11) is 0. The topological polar surface area (TPSA) is 81.8 Å². The van der Waals surface area contributed by atoms with Gasteiger partial charge in [0.1, 0.15) is 0 Å². The van der Waals surface area contributed by atoms with Crippen molar-refractivity contribution in [2.75, 3.05) is 32.7 Å². The number of likely N-dealkylation sites (tertiary alicyclic amines) is 2. The molecule has 1 atom stereocenters. The minimum Gasteiger partial charge on any atom is -0.392 e. The van der Waals surface area contributed by atoms with Crippen LogP contribution in [0.5, 0.6) is 0 Å². The van der Waals surface area contributed by atoms with Crippen LogP contribution in [0.15, 0.2) is 10.6 Å². The van der Waals surface area contributed by atoms with Crippen LogP contribution in [0.2, 0.25) is 0 Å². The Morgan fingerprint density at radius 1 is 1.32 bits per heavy atom. The van der Waals surface area contributed by atoms with Gasteiger partial charge >= 0.3 is 0 Å². The number of hydrogen-bond donors (Lipinski definition) is 2. The maximum absolute atomic E-state index is 12.4. The summed E-state index contributed by atoms with van der Waals surface area (Å²) >= 11 is 0. The third-order valence-electron chi connectivity index (χ3n) is 5.11. The van der Waals surface area contributed by atoms with Crippen LogP contribution in [0, 0.1) is 0 Å². The number of nitrogens with zero attached hydrogens (tertiary/aromatic N) is 3. The van der Waals surface area contributed by atoms with E-state index >= 15 is 0 Å². The van der Waals surface area contributed by atoms with Gasteiger partial charge in [0, 0.05) is 31.7 Å². The van der Waals surface area contributed by atoms with Gasteiger partial charge in [0.05, 0.1) is 12.6 Å². The predicted molar refractivity (Wildman–Crippen MR) is 94.2 cm³/mol. The number of carbonyl (C=O) groups is 1. The van der Waals surface area contributed by atoms with E-state index in [0.29, 0.717) is 24.5 Å². The fraction of sp³-hybridized carbons (Fsp3) is 0.778. The maximum Gasteiger partial charge on any atom is 0.273 e. The first-order valence-electron chi connectivity index (χ1n) is 9.53. The second-order valence-electron chi connectivity index (χ2n) is 7.30. The first-order chi connectivity index (χ1) is 12.1. The van der Waals surface area contributed by atoms with Crippen LogP contribution in [0.25, 0.3) is 0 Å². The number of aliphatic hydroxyl groups excluding tert-OH is 1. The van der Waals surface area contributed by atoms with Gasteiger partial charge in [-0.2, -0.15) is 0 Å². The third kappa shape index (κ3) is 5.26. The van der Waals surface area contributed by atoms with Gasteiger partial charge in [-0.3, -0.25) is 9.69 Å². The van der Waals surface area contributed by atoms with Gasteiger partial charge in [0.25, 0.3) is 5.91 Å². The summed E-state index contributed by atoms with van der Waals surface area (Å²) in [5.74, 6) is 0.527. The molecule has 0 bridgehead atoms. The highest BCUT2D eigenvalue weighted by molar-refractivity contribution is 5.92. The van der Waals surface area contributed by atoms with Gasteiger partial charge in [-0.1, -0.05) is 12.1 Å². The summed E-state index contributed by atoms with van der Waals surface area (Å²) in [6.45, 7) is 7.60. The molecular formula is C18H30N4O3. The number of aliphatic hydroxyl groups is 1. The summed E-state index contributed by atoms with van der Waals surface area (Å²) in [6, 6.07) is 1.95. The van der Waals surface area contributed by atoms with Crippen molar-refractivity contribution >= 4 is 5.91 Å². The van der Waals surface area contributed by atoms with Gasteiger partial charge in [-0.25, -0.2) is 0 Å². The Balaban J connectivity index is 1.46. The molecule has 7 nitrogen and oxygen atoms in total. The van der Waals surface area contributed by atoms with E-state index in [2.05, 4.69) is 27.2 Å². The molecule has 2 aliphatic heterocycles. The molecular weight excluding hydrogens is 320 g/mol. The highest BCUT2D eigenvalue weighted by Gasteiger charge is 2.23. The van der Waals surface area contributed by atoms with E-state index in [1.165, 1.54) is 6.42 Å². The van der Waals surface area contributed by atoms with E-state index in [-0.39, 0.29) is 18.1 Å². The van der Waals surface area contributed by atoms with Crippen LogP contribution in [-0.4, -0.2) is 70.8 Å². The molecule has 3 rings (SSSR count). The van der Waals surface area contributed by atoms with E-state index in [0.717, 1.165) is 51.9 Å². The molecule has 2 saturated heterocycles. The Labute approximate surface area is 149 Å². The zero-order chi connectivity index (χ0) is 17.6. The molecule has 25 heavy (non-hydrogen) atoms. The number of carbonyl (C=O) groups excluding carboxylic acids is 1. The lowest BCUT2D eigenvalue weighted by molar-refractivity contribution is 0.0622. The Bertz CT molecular complexity index is 554. The van der Waals surface area contributed by atoms with Crippen molar-refractivity contribution in [1.29, 1.82) is 0 Å². The SMILES string of the molecule is CCCN1CCC(NC(=O)c2cc(CN3CCC[C@@H](O)C3)on2)CC1. The normalized spacial score (nSPS) is 23.7. The lowest BCUT2D eigenvalue weighted by atomic mass is 10.0. The van der Waals surface area contributed by atoms with Crippen molar-refractivity contribution in [3.63, 3.8) is 0 Å². The van der Waals surface area contributed by atoms with Gasteiger partial charge in [-0.05, 0) is 45.2 Å². The first-order valence-corrected chi connectivity index (χ1v) is 9.53. The minimum absolute atomic E-state index is 0.150. The standard InChI is InChI=1S/C18H30N4O3/c1-2-7-21-9-5-14(6-10-21)19-18(24)17-11-16(25-20-17)13-22-8-3-4-15(23)12-22/h11,14-15,23H,2-10,12-13H2,1H3,(H,19,24)/t15-/m1/s1. The number of nitrogens with one attached hydrogen (secondary N) is 1. The van der Waals surface area contributed by atoms with Crippen LogP contribution in [0.3, 0.4) is 0 Å². The smallest absolute Gasteiger partial charge is 0.273 e. The summed E-state index contributed by atoms with van der Waals surface area (Å²) in [4.78, 5) is 17.0. The van der Waals surface area contributed by atoms with E-state index in [1.807, 2.05) is 0 Å². The fourth-order valence-corrected chi connectivity index (χ4v) is 3.77. The minimum atomic E-state index is -0.266. The van der Waals surface area contributed by atoms with Gasteiger partial charge in [-0.15, -0.1) is 0 Å². The van der Waals surface area contributed by atoms with Gasteiger partial charge in [0.2, 0.25) is 0 Å². The van der Waals surface area contributed by atoms with E-state index in [4.69, 9.17) is 4.52 Å². The molecule has 0 unspecified atom stereocenters. The number of aromatic nitrogens is 1. The Kier molecular flexibility index (Phi) is 6.45. The van der Waals surface area contributed by atoms with Crippen molar-refractivity contribution in [2.24, 2.45) is 0 Å². The second-order valence-corrected chi connectivity index (χ2v) is 7.30. The van der Waals surface area contributed by atoms with Crippen molar-refractivity contribution in [1.82, 2.24) is 20.3 Å². The highest BCUT2D eigenvalue weighted by atomic mass is 16.5. The van der Waals surface area contributed by atoms with Crippen LogP contribution >= 0.6 is 0 Å². The van der Waals surface area contributed by atoms with E-state index < -0.39 is 0 Å². The molecule has 0 aromatic carbocycles. The van der Waals surface area contributed by atoms with Crippen molar-refractivity contribution in [2.45, 2.75) is 57.7 Å². The molecule has 0 saturated carbocycles. The molecule has 3 heterocycles. The van der Waals surface area contributed by atoms with Crippen molar-refractivity contribution in [3.05, 3.63) is 17.5 Å². The van der Waals surface area contributed by atoms with Crippen LogP contribution < -0.4 is 5.32 Å². The molecule has 2 N–H and O–H groups in total. The molecule has 140 valence electrons. The molecule has 2 aliphatic rings. The molecule has 0 radical (unpaired) electrons.